The molecule has 0 aliphatic carbocycles. The zero-order valence-electron chi connectivity index (χ0n) is 13.9. The number of carbonyl (C=O) groups excluding carboxylic acids is 2. The molecule has 134 valence electrons. The molecule has 0 unspecified atom stereocenters. The number of carbonyl (C=O) groups is 2. The Bertz CT molecular complexity index is 597. The van der Waals surface area contributed by atoms with Gasteiger partial charge in [0.15, 0.2) is 0 Å². The van der Waals surface area contributed by atoms with Gasteiger partial charge < -0.3 is 14.8 Å². The summed E-state index contributed by atoms with van der Waals surface area (Å²) < 4.78 is 49.0. The van der Waals surface area contributed by atoms with Crippen LogP contribution in [0.1, 0.15) is 38.8 Å². The summed E-state index contributed by atoms with van der Waals surface area (Å²) in [6.45, 7) is 6.15. The molecule has 0 fully saturated rings. The van der Waals surface area contributed by atoms with Gasteiger partial charge in [0, 0.05) is 6.04 Å². The van der Waals surface area contributed by atoms with E-state index in [0.717, 1.165) is 12.1 Å². The van der Waals surface area contributed by atoms with Gasteiger partial charge in [0.25, 0.3) is 0 Å². The molecule has 5 nitrogen and oxygen atoms in total. The zero-order valence-corrected chi connectivity index (χ0v) is 13.9. The minimum atomic E-state index is -4.71. The number of nitrogens with one attached hydrogen (secondary N) is 1. The molecule has 0 saturated carbocycles. The summed E-state index contributed by atoms with van der Waals surface area (Å²) in [6.07, 6.45) is -5.43. The van der Waals surface area contributed by atoms with Crippen LogP contribution >= 0.6 is 0 Å². The number of hydrogen-bond donors (Lipinski definition) is 1. The normalized spacial score (nSPS) is 11.5. The summed E-state index contributed by atoms with van der Waals surface area (Å²) in [5.41, 5.74) is -0.965. The van der Waals surface area contributed by atoms with E-state index in [0.29, 0.717) is 0 Å². The predicted octanol–water partition coefficient (Wildman–Crippen LogP) is 3.90. The average Bonchev–Trinajstić information content (AvgIpc) is 2.44. The lowest BCUT2D eigenvalue weighted by Crippen LogP contribution is -2.30. The highest BCUT2D eigenvalue weighted by molar-refractivity contribution is 5.74. The van der Waals surface area contributed by atoms with E-state index in [1.54, 1.807) is 13.8 Å². The van der Waals surface area contributed by atoms with Crippen LogP contribution in [-0.4, -0.2) is 18.1 Å². The highest BCUT2D eigenvalue weighted by atomic mass is 19.4. The number of benzene rings is 1. The molecule has 0 bridgehead atoms. The lowest BCUT2D eigenvalue weighted by atomic mass is 10.1. The van der Waals surface area contributed by atoms with Crippen LogP contribution in [0.3, 0.4) is 0 Å². The fourth-order valence-corrected chi connectivity index (χ4v) is 1.63. The van der Waals surface area contributed by atoms with Crippen molar-refractivity contribution in [3.63, 3.8) is 0 Å². The van der Waals surface area contributed by atoms with Gasteiger partial charge in [-0.2, -0.15) is 13.2 Å². The fourth-order valence-electron chi connectivity index (χ4n) is 1.63. The van der Waals surface area contributed by atoms with E-state index in [2.05, 4.69) is 5.32 Å². The Balaban J connectivity index is 2.95. The highest BCUT2D eigenvalue weighted by Gasteiger charge is 2.35. The van der Waals surface area contributed by atoms with Crippen LogP contribution in [0.5, 0.6) is 5.75 Å². The van der Waals surface area contributed by atoms with Crippen LogP contribution in [0.2, 0.25) is 0 Å². The number of alkyl halides is 3. The van der Waals surface area contributed by atoms with Crippen LogP contribution in [0.15, 0.2) is 18.2 Å². The van der Waals surface area contributed by atoms with E-state index in [1.807, 2.05) is 0 Å². The second kappa shape index (κ2) is 8.03. The summed E-state index contributed by atoms with van der Waals surface area (Å²) in [6, 6.07) is 3.00. The molecular weight excluding hydrogens is 327 g/mol. The number of halogens is 3. The van der Waals surface area contributed by atoms with Crippen LogP contribution in [0, 0.1) is 5.92 Å². The number of alkyl carbamates (subject to hydrolysis) is 1. The second-order valence-corrected chi connectivity index (χ2v) is 5.78. The maximum atomic E-state index is 13.1. The van der Waals surface area contributed by atoms with Gasteiger partial charge in [-0.05, 0) is 31.5 Å². The summed E-state index contributed by atoms with van der Waals surface area (Å²) in [5, 5.41) is 2.46. The van der Waals surface area contributed by atoms with Crippen molar-refractivity contribution in [2.75, 3.05) is 0 Å². The number of rotatable bonds is 5. The molecule has 0 aliphatic rings. The summed E-state index contributed by atoms with van der Waals surface area (Å²) in [5.74, 6) is -1.90. The maximum absolute atomic E-state index is 13.1. The van der Waals surface area contributed by atoms with Crippen molar-refractivity contribution >= 4 is 12.1 Å². The molecule has 1 amide bonds. The number of esters is 1. The van der Waals surface area contributed by atoms with Crippen molar-refractivity contribution in [3.05, 3.63) is 29.3 Å². The Morgan fingerprint density at radius 1 is 1.17 bits per heavy atom. The molecule has 0 saturated heterocycles. The Kier molecular flexibility index (Phi) is 6.62. The number of hydrogen-bond acceptors (Lipinski definition) is 4. The van der Waals surface area contributed by atoms with Crippen LogP contribution in [0.25, 0.3) is 0 Å². The Morgan fingerprint density at radius 3 is 2.29 bits per heavy atom. The van der Waals surface area contributed by atoms with E-state index in [-0.39, 0.29) is 18.2 Å². The van der Waals surface area contributed by atoms with E-state index in [4.69, 9.17) is 9.47 Å². The smallest absolute Gasteiger partial charge is 0.419 e. The van der Waals surface area contributed by atoms with Crippen LogP contribution in [0.4, 0.5) is 18.0 Å². The molecule has 1 aromatic carbocycles. The quantitative estimate of drug-likeness (QED) is 0.648. The van der Waals surface area contributed by atoms with Gasteiger partial charge >= 0.3 is 18.2 Å². The first-order chi connectivity index (χ1) is 11.0. The monoisotopic (exact) mass is 347 g/mol. The van der Waals surface area contributed by atoms with E-state index < -0.39 is 35.5 Å². The molecular formula is C16H20F3NO4. The first kappa shape index (κ1) is 19.8. The van der Waals surface area contributed by atoms with Gasteiger partial charge in [-0.15, -0.1) is 0 Å². The van der Waals surface area contributed by atoms with Gasteiger partial charge in [-0.1, -0.05) is 19.9 Å². The van der Waals surface area contributed by atoms with Gasteiger partial charge in [0.05, 0.1) is 11.5 Å². The van der Waals surface area contributed by atoms with Crippen molar-refractivity contribution in [2.24, 2.45) is 5.92 Å². The summed E-state index contributed by atoms with van der Waals surface area (Å²) in [4.78, 5) is 22.9. The number of ether oxygens (including phenoxy) is 2. The largest absolute Gasteiger partial charge is 0.445 e. The predicted molar refractivity (Wildman–Crippen MR) is 80.4 cm³/mol. The van der Waals surface area contributed by atoms with Crippen molar-refractivity contribution in [1.82, 2.24) is 5.32 Å². The third-order valence-electron chi connectivity index (χ3n) is 2.81. The Labute approximate surface area is 138 Å². The number of amides is 1. The molecule has 1 aromatic rings. The first-order valence-corrected chi connectivity index (χ1v) is 7.35. The van der Waals surface area contributed by atoms with Crippen LogP contribution < -0.4 is 10.1 Å². The minimum absolute atomic E-state index is 0.130. The van der Waals surface area contributed by atoms with Gasteiger partial charge in [0.1, 0.15) is 12.4 Å². The van der Waals surface area contributed by atoms with E-state index in [1.165, 1.54) is 19.9 Å². The van der Waals surface area contributed by atoms with Crippen LogP contribution in [-0.2, 0) is 22.3 Å². The average molecular weight is 347 g/mol. The SMILES string of the molecule is CC(C)NC(=O)OCc1ccc(OC(=O)C(C)C)c(C(F)(F)F)c1. The topological polar surface area (TPSA) is 64.6 Å². The standard InChI is InChI=1S/C16H20F3NO4/c1-9(2)14(21)24-13-6-5-11(7-12(13)16(17,18)19)8-23-15(22)20-10(3)4/h5-7,9-10H,8H2,1-4H3,(H,20,22). The van der Waals surface area contributed by atoms with Gasteiger partial charge in [-0.3, -0.25) is 4.79 Å². The molecule has 24 heavy (non-hydrogen) atoms. The maximum Gasteiger partial charge on any atom is 0.419 e. The molecule has 0 aliphatic heterocycles. The first-order valence-electron chi connectivity index (χ1n) is 7.35. The minimum Gasteiger partial charge on any atom is -0.445 e. The van der Waals surface area contributed by atoms with Crippen molar-refractivity contribution < 1.29 is 32.2 Å². The van der Waals surface area contributed by atoms with Crippen molar-refractivity contribution in [1.29, 1.82) is 0 Å². The molecule has 0 radical (unpaired) electrons. The third kappa shape index (κ3) is 6.10. The third-order valence-corrected chi connectivity index (χ3v) is 2.81. The molecule has 0 heterocycles. The van der Waals surface area contributed by atoms with E-state index >= 15 is 0 Å². The van der Waals surface area contributed by atoms with Gasteiger partial charge in [0.2, 0.25) is 0 Å². The zero-order chi connectivity index (χ0) is 18.5. The second-order valence-electron chi connectivity index (χ2n) is 5.78. The Morgan fingerprint density at radius 2 is 1.79 bits per heavy atom. The molecule has 0 atom stereocenters. The lowest BCUT2D eigenvalue weighted by Gasteiger charge is -2.15. The van der Waals surface area contributed by atoms with Gasteiger partial charge in [-0.25, -0.2) is 4.79 Å². The summed E-state index contributed by atoms with van der Waals surface area (Å²) >= 11 is 0. The fraction of sp³-hybridized carbons (Fsp3) is 0.500. The van der Waals surface area contributed by atoms with Crippen molar-refractivity contribution in [3.8, 4) is 5.75 Å². The van der Waals surface area contributed by atoms with Crippen molar-refractivity contribution in [2.45, 2.75) is 46.5 Å². The summed E-state index contributed by atoms with van der Waals surface area (Å²) in [7, 11) is 0. The molecule has 1 rings (SSSR count). The molecule has 1 N–H and O–H groups in total. The van der Waals surface area contributed by atoms with E-state index in [9.17, 15) is 22.8 Å². The lowest BCUT2D eigenvalue weighted by molar-refractivity contribution is -0.143. The molecule has 0 spiro atoms. The Hall–Kier alpha value is -2.25. The molecule has 8 heteroatoms. The highest BCUT2D eigenvalue weighted by Crippen LogP contribution is 2.37. The molecule has 0 aromatic heterocycles.